The number of nitriles is 1. The van der Waals surface area contributed by atoms with Crippen LogP contribution in [0.15, 0.2) is 30.3 Å². The molecule has 0 amide bonds. The van der Waals surface area contributed by atoms with E-state index < -0.39 is 0 Å². The fraction of sp³-hybridized carbons (Fsp3) is 0.417. The smallest absolute Gasteiger partial charge is 0.105 e. The van der Waals surface area contributed by atoms with Gasteiger partial charge in [-0.25, -0.2) is 0 Å². The third-order valence-corrected chi connectivity index (χ3v) is 3.06. The summed E-state index contributed by atoms with van der Waals surface area (Å²) in [5.74, 6) is 1.90. The molecule has 1 N–H and O–H groups in total. The quantitative estimate of drug-likeness (QED) is 0.789. The molecule has 1 atom stereocenters. The summed E-state index contributed by atoms with van der Waals surface area (Å²) in [6.07, 6.45) is 1.14. The van der Waals surface area contributed by atoms with Crippen LogP contribution in [0.5, 0.6) is 0 Å². The van der Waals surface area contributed by atoms with E-state index in [4.69, 9.17) is 5.26 Å². The van der Waals surface area contributed by atoms with Crippen molar-refractivity contribution in [1.82, 2.24) is 5.32 Å². The van der Waals surface area contributed by atoms with E-state index in [1.54, 1.807) is 11.8 Å². The molecule has 80 valence electrons. The molecule has 2 rings (SSSR count). The second-order valence-corrected chi connectivity index (χ2v) is 4.27. The van der Waals surface area contributed by atoms with Gasteiger partial charge in [0.05, 0.1) is 6.07 Å². The van der Waals surface area contributed by atoms with Crippen LogP contribution in [0, 0.1) is 11.3 Å². The minimum Gasteiger partial charge on any atom is -0.292 e. The van der Waals surface area contributed by atoms with E-state index in [1.807, 2.05) is 6.07 Å². The van der Waals surface area contributed by atoms with Gasteiger partial charge in [0, 0.05) is 11.6 Å². The van der Waals surface area contributed by atoms with Crippen molar-refractivity contribution in [1.29, 1.82) is 5.26 Å². The zero-order valence-electron chi connectivity index (χ0n) is 8.94. The fourth-order valence-corrected chi connectivity index (χ4v) is 2.06. The van der Waals surface area contributed by atoms with Gasteiger partial charge in [-0.1, -0.05) is 37.3 Å². The largest absolute Gasteiger partial charge is 0.292 e. The van der Waals surface area contributed by atoms with E-state index in [2.05, 4.69) is 42.6 Å². The third-order valence-electron chi connectivity index (χ3n) is 2.12. The van der Waals surface area contributed by atoms with E-state index in [-0.39, 0.29) is 6.04 Å². The van der Waals surface area contributed by atoms with Crippen molar-refractivity contribution in [2.75, 3.05) is 11.6 Å². The topological polar surface area (TPSA) is 35.8 Å². The number of hydrogen-bond donors (Lipinski definition) is 1. The van der Waals surface area contributed by atoms with Gasteiger partial charge in [0.1, 0.15) is 6.04 Å². The molecule has 1 saturated heterocycles. The Morgan fingerprint density at radius 1 is 1.47 bits per heavy atom. The molecule has 1 aromatic carbocycles. The van der Waals surface area contributed by atoms with Crippen LogP contribution in [0.2, 0.25) is 0 Å². The first-order valence-electron chi connectivity index (χ1n) is 5.11. The van der Waals surface area contributed by atoms with Crippen molar-refractivity contribution in [3.63, 3.8) is 0 Å². The Hall–Kier alpha value is -0.980. The molecule has 0 saturated carbocycles. The predicted molar refractivity (Wildman–Crippen MR) is 65.7 cm³/mol. The van der Waals surface area contributed by atoms with Gasteiger partial charge in [-0.05, 0) is 12.0 Å². The van der Waals surface area contributed by atoms with Gasteiger partial charge in [-0.2, -0.15) is 5.26 Å². The summed E-state index contributed by atoms with van der Waals surface area (Å²) in [5, 5.41) is 11.2. The number of aryl methyl sites for hydroxylation is 1. The first-order chi connectivity index (χ1) is 7.36. The molecule has 2 nitrogen and oxygen atoms in total. The Morgan fingerprint density at radius 3 is 2.53 bits per heavy atom. The molecule has 15 heavy (non-hydrogen) atoms. The van der Waals surface area contributed by atoms with Crippen LogP contribution in [-0.2, 0) is 6.42 Å². The highest BCUT2D eigenvalue weighted by Crippen LogP contribution is 2.07. The second kappa shape index (κ2) is 7.33. The van der Waals surface area contributed by atoms with Crippen molar-refractivity contribution < 1.29 is 0 Å². The average molecular weight is 220 g/mol. The highest BCUT2D eigenvalue weighted by molar-refractivity contribution is 7.99. The van der Waals surface area contributed by atoms with Gasteiger partial charge in [0.15, 0.2) is 0 Å². The number of thioether (sulfide) groups is 1. The first kappa shape index (κ1) is 12.1. The molecule has 1 aliphatic rings. The second-order valence-electron chi connectivity index (χ2n) is 3.24. The van der Waals surface area contributed by atoms with Crippen LogP contribution in [0.1, 0.15) is 12.5 Å². The maximum Gasteiger partial charge on any atom is 0.105 e. The lowest BCUT2D eigenvalue weighted by atomic mass is 10.2. The minimum atomic E-state index is 0.116. The lowest BCUT2D eigenvalue weighted by molar-refractivity contribution is 0.765. The Kier molecular flexibility index (Phi) is 5.91. The number of hydrogen-bond acceptors (Lipinski definition) is 3. The van der Waals surface area contributed by atoms with E-state index >= 15 is 0 Å². The van der Waals surface area contributed by atoms with Gasteiger partial charge >= 0.3 is 0 Å². The van der Waals surface area contributed by atoms with Crippen molar-refractivity contribution in [2.45, 2.75) is 19.4 Å². The summed E-state index contributed by atoms with van der Waals surface area (Å²) in [7, 11) is 0. The Morgan fingerprint density at radius 2 is 2.20 bits per heavy atom. The Balaban J connectivity index is 0.000000151. The Bertz CT molecular complexity index is 299. The zero-order valence-corrected chi connectivity index (χ0v) is 9.76. The van der Waals surface area contributed by atoms with Crippen LogP contribution in [-0.4, -0.2) is 17.7 Å². The summed E-state index contributed by atoms with van der Waals surface area (Å²) >= 11 is 1.77. The van der Waals surface area contributed by atoms with Crippen LogP contribution < -0.4 is 5.32 Å². The monoisotopic (exact) mass is 220 g/mol. The number of nitrogens with one attached hydrogen (secondary N) is 1. The van der Waals surface area contributed by atoms with Gasteiger partial charge in [-0.15, -0.1) is 11.8 Å². The summed E-state index contributed by atoms with van der Waals surface area (Å²) in [6, 6.07) is 12.7. The fourth-order valence-electron chi connectivity index (χ4n) is 1.19. The highest BCUT2D eigenvalue weighted by atomic mass is 32.2. The standard InChI is InChI=1S/C8H10.C4H6N2S/c1-2-8-6-4-3-5-7-8;5-1-4-2-7-3-6-4/h3-7H,2H2,1H3;4,6H,2-3H2. The van der Waals surface area contributed by atoms with E-state index in [0.29, 0.717) is 0 Å². The van der Waals surface area contributed by atoms with Gasteiger partial charge in [-0.3, -0.25) is 5.32 Å². The van der Waals surface area contributed by atoms with Gasteiger partial charge < -0.3 is 0 Å². The van der Waals surface area contributed by atoms with Crippen LogP contribution in [0.4, 0.5) is 0 Å². The van der Waals surface area contributed by atoms with Crippen LogP contribution in [0.3, 0.4) is 0 Å². The normalized spacial score (nSPS) is 18.8. The van der Waals surface area contributed by atoms with E-state index in [0.717, 1.165) is 18.1 Å². The van der Waals surface area contributed by atoms with Crippen LogP contribution in [0.25, 0.3) is 0 Å². The highest BCUT2D eigenvalue weighted by Gasteiger charge is 2.11. The number of benzene rings is 1. The third kappa shape index (κ3) is 4.87. The molecule has 1 aromatic rings. The zero-order chi connectivity index (χ0) is 10.9. The van der Waals surface area contributed by atoms with Crippen molar-refractivity contribution in [2.24, 2.45) is 0 Å². The SMILES string of the molecule is CCc1ccccc1.N#CC1CSCN1. The summed E-state index contributed by atoms with van der Waals surface area (Å²) in [6.45, 7) is 2.16. The average Bonchev–Trinajstić information content (AvgIpc) is 2.84. The van der Waals surface area contributed by atoms with Gasteiger partial charge in [0.25, 0.3) is 0 Å². The number of nitrogens with zero attached hydrogens (tertiary/aromatic N) is 1. The van der Waals surface area contributed by atoms with E-state index in [9.17, 15) is 0 Å². The van der Waals surface area contributed by atoms with Gasteiger partial charge in [0.2, 0.25) is 0 Å². The maximum absolute atomic E-state index is 8.24. The first-order valence-corrected chi connectivity index (χ1v) is 6.27. The molecule has 0 spiro atoms. The summed E-state index contributed by atoms with van der Waals surface area (Å²) in [5.41, 5.74) is 1.41. The van der Waals surface area contributed by atoms with Crippen molar-refractivity contribution in [3.8, 4) is 6.07 Å². The molecule has 3 heteroatoms. The molecule has 0 aliphatic carbocycles. The molecule has 1 unspecified atom stereocenters. The van der Waals surface area contributed by atoms with E-state index in [1.165, 1.54) is 5.56 Å². The lowest BCUT2D eigenvalue weighted by Gasteiger charge is -1.90. The van der Waals surface area contributed by atoms with Crippen molar-refractivity contribution >= 4 is 11.8 Å². The molecule has 0 bridgehead atoms. The molecule has 0 aromatic heterocycles. The molecular weight excluding hydrogens is 204 g/mol. The molecule has 1 heterocycles. The van der Waals surface area contributed by atoms with Crippen molar-refractivity contribution in [3.05, 3.63) is 35.9 Å². The molecular formula is C12H16N2S. The van der Waals surface area contributed by atoms with Crippen LogP contribution >= 0.6 is 11.8 Å². The lowest BCUT2D eigenvalue weighted by Crippen LogP contribution is -2.20. The molecule has 1 aliphatic heterocycles. The number of rotatable bonds is 1. The summed E-state index contributed by atoms with van der Waals surface area (Å²) in [4.78, 5) is 0. The molecule has 0 radical (unpaired) electrons. The minimum absolute atomic E-state index is 0.116. The molecule has 1 fully saturated rings. The maximum atomic E-state index is 8.24. The Labute approximate surface area is 95.7 Å². The predicted octanol–water partition coefficient (Wildman–Crippen LogP) is 2.42. The summed E-state index contributed by atoms with van der Waals surface area (Å²) < 4.78 is 0.